The topological polar surface area (TPSA) is 20.3 Å². The van der Waals surface area contributed by atoms with E-state index in [1.54, 1.807) is 6.42 Å². The van der Waals surface area contributed by atoms with Gasteiger partial charge in [-0.05, 0) is 48.0 Å². The average Bonchev–Trinajstić information content (AvgIpc) is 1.94. The molecule has 0 atom stereocenters. The third kappa shape index (κ3) is 4.67. The molecule has 0 saturated heterocycles. The summed E-state index contributed by atoms with van der Waals surface area (Å²) in [6.07, 6.45) is 3.69. The number of hydrogen-bond donors (Lipinski definition) is 0. The normalized spacial score (nSPS) is 12.7. The molecule has 0 aliphatic rings. The van der Waals surface area contributed by atoms with Crippen molar-refractivity contribution in [2.24, 2.45) is 0 Å². The lowest BCUT2D eigenvalue weighted by atomic mass is 9.95. The van der Waals surface area contributed by atoms with Crippen molar-refractivity contribution in [2.45, 2.75) is 72.4 Å². The number of unbranched alkanes of at least 4 members (excludes halogenated alkanes) is 1. The summed E-state index contributed by atoms with van der Waals surface area (Å²) in [6, 6.07) is 0. The minimum absolute atomic E-state index is 0.125. The van der Waals surface area contributed by atoms with Gasteiger partial charge in [0.1, 0.15) is 0 Å². The first kappa shape index (κ1) is 14.5. The first-order chi connectivity index (χ1) is 6.60. The number of nitrogens with zero attached hydrogens (tertiary/aromatic N) is 1. The van der Waals surface area contributed by atoms with E-state index >= 15 is 0 Å². The maximum absolute atomic E-state index is 12.1. The standard InChI is InChI=1S/C13H26NO/c1-8-9-10-11(15)14(12(2,3)4)13(5,6)7/h10H,8-9H2,1-7H3. The summed E-state index contributed by atoms with van der Waals surface area (Å²) in [6.45, 7) is 14.6. The fourth-order valence-corrected chi connectivity index (χ4v) is 2.03. The van der Waals surface area contributed by atoms with Crippen LogP contribution in [0.3, 0.4) is 0 Å². The number of carbonyl (C=O) groups excluding carboxylic acids is 1. The van der Waals surface area contributed by atoms with E-state index in [-0.39, 0.29) is 17.0 Å². The lowest BCUT2D eigenvalue weighted by Gasteiger charge is -2.45. The third-order valence-corrected chi connectivity index (χ3v) is 2.17. The van der Waals surface area contributed by atoms with Gasteiger partial charge >= 0.3 is 0 Å². The van der Waals surface area contributed by atoms with Gasteiger partial charge in [-0.25, -0.2) is 0 Å². The van der Waals surface area contributed by atoms with Crippen molar-refractivity contribution in [3.63, 3.8) is 0 Å². The summed E-state index contributed by atoms with van der Waals surface area (Å²) in [5.74, 6) is 0.150. The SMILES string of the molecule is CCC[CH]C(=O)N(C(C)(C)C)C(C)(C)C. The predicted octanol–water partition coefficient (Wildman–Crippen LogP) is 3.42. The van der Waals surface area contributed by atoms with Crippen LogP contribution < -0.4 is 0 Å². The van der Waals surface area contributed by atoms with E-state index in [2.05, 4.69) is 48.5 Å². The Hall–Kier alpha value is -0.530. The van der Waals surface area contributed by atoms with Gasteiger partial charge in [0.15, 0.2) is 0 Å². The Morgan fingerprint density at radius 2 is 1.47 bits per heavy atom. The highest BCUT2D eigenvalue weighted by Crippen LogP contribution is 2.25. The van der Waals surface area contributed by atoms with E-state index in [9.17, 15) is 4.79 Å². The van der Waals surface area contributed by atoms with Gasteiger partial charge in [-0.3, -0.25) is 4.79 Å². The summed E-state index contributed by atoms with van der Waals surface area (Å²) >= 11 is 0. The molecule has 89 valence electrons. The highest BCUT2D eigenvalue weighted by molar-refractivity contribution is 5.85. The van der Waals surface area contributed by atoms with Crippen molar-refractivity contribution in [2.75, 3.05) is 0 Å². The van der Waals surface area contributed by atoms with Crippen LogP contribution in [0, 0.1) is 6.42 Å². The molecular weight excluding hydrogens is 186 g/mol. The van der Waals surface area contributed by atoms with Crippen LogP contribution in [-0.2, 0) is 4.79 Å². The zero-order valence-electron chi connectivity index (χ0n) is 11.3. The van der Waals surface area contributed by atoms with Gasteiger partial charge in [0.2, 0.25) is 5.91 Å². The number of amides is 1. The Kier molecular flexibility index (Phi) is 4.82. The molecule has 0 saturated carbocycles. The Morgan fingerprint density at radius 1 is 1.07 bits per heavy atom. The van der Waals surface area contributed by atoms with Crippen LogP contribution >= 0.6 is 0 Å². The van der Waals surface area contributed by atoms with Crippen LogP contribution in [0.15, 0.2) is 0 Å². The van der Waals surface area contributed by atoms with E-state index < -0.39 is 0 Å². The van der Waals surface area contributed by atoms with Crippen molar-refractivity contribution >= 4 is 5.91 Å². The molecule has 1 amide bonds. The second-order valence-electron chi connectivity index (χ2n) is 6.01. The third-order valence-electron chi connectivity index (χ3n) is 2.17. The Bertz CT molecular complexity index is 194. The van der Waals surface area contributed by atoms with E-state index in [1.165, 1.54) is 0 Å². The van der Waals surface area contributed by atoms with E-state index in [1.807, 2.05) is 4.90 Å². The highest BCUT2D eigenvalue weighted by atomic mass is 16.2. The lowest BCUT2D eigenvalue weighted by molar-refractivity contribution is -0.138. The first-order valence-corrected chi connectivity index (χ1v) is 5.78. The van der Waals surface area contributed by atoms with Crippen LogP contribution in [0.1, 0.15) is 61.3 Å². The monoisotopic (exact) mass is 212 g/mol. The van der Waals surface area contributed by atoms with Crippen molar-refractivity contribution in [3.8, 4) is 0 Å². The van der Waals surface area contributed by atoms with Gasteiger partial charge in [0.05, 0.1) is 0 Å². The smallest absolute Gasteiger partial charge is 0.227 e. The molecule has 2 nitrogen and oxygen atoms in total. The molecule has 0 bridgehead atoms. The molecule has 2 heteroatoms. The maximum Gasteiger partial charge on any atom is 0.227 e. The summed E-state index contributed by atoms with van der Waals surface area (Å²) in [7, 11) is 0. The van der Waals surface area contributed by atoms with E-state index in [0.717, 1.165) is 12.8 Å². The molecule has 0 aromatic rings. The molecule has 0 aliphatic carbocycles. The van der Waals surface area contributed by atoms with Crippen LogP contribution in [0.4, 0.5) is 0 Å². The van der Waals surface area contributed by atoms with Crippen LogP contribution in [0.25, 0.3) is 0 Å². The Morgan fingerprint density at radius 3 is 1.73 bits per heavy atom. The summed E-state index contributed by atoms with van der Waals surface area (Å²) in [5.41, 5.74) is -0.251. The Labute approximate surface area is 95.0 Å². The van der Waals surface area contributed by atoms with Gasteiger partial charge in [-0.1, -0.05) is 13.3 Å². The minimum Gasteiger partial charge on any atom is -0.333 e. The largest absolute Gasteiger partial charge is 0.333 e. The average molecular weight is 212 g/mol. The first-order valence-electron chi connectivity index (χ1n) is 5.78. The second-order valence-corrected chi connectivity index (χ2v) is 6.01. The number of rotatable bonds is 3. The summed E-state index contributed by atoms with van der Waals surface area (Å²) in [5, 5.41) is 0. The molecule has 0 unspecified atom stereocenters. The molecule has 0 aromatic carbocycles. The van der Waals surface area contributed by atoms with Gasteiger partial charge in [-0.2, -0.15) is 0 Å². The molecule has 0 fully saturated rings. The zero-order valence-corrected chi connectivity index (χ0v) is 11.3. The molecule has 1 radical (unpaired) electrons. The van der Waals surface area contributed by atoms with Crippen molar-refractivity contribution in [1.82, 2.24) is 4.90 Å². The van der Waals surface area contributed by atoms with Crippen LogP contribution in [-0.4, -0.2) is 21.9 Å². The predicted molar refractivity (Wildman–Crippen MR) is 65.6 cm³/mol. The molecule has 0 aliphatic heterocycles. The van der Waals surface area contributed by atoms with Crippen molar-refractivity contribution in [3.05, 3.63) is 6.42 Å². The quantitative estimate of drug-likeness (QED) is 0.702. The fraction of sp³-hybridized carbons (Fsp3) is 0.846. The van der Waals surface area contributed by atoms with Crippen molar-refractivity contribution < 1.29 is 4.79 Å². The second kappa shape index (κ2) is 5.00. The molecule has 0 N–H and O–H groups in total. The van der Waals surface area contributed by atoms with Gasteiger partial charge in [-0.15, -0.1) is 0 Å². The van der Waals surface area contributed by atoms with E-state index in [0.29, 0.717) is 0 Å². The lowest BCUT2D eigenvalue weighted by Crippen LogP contribution is -2.55. The molecule has 0 aromatic heterocycles. The highest BCUT2D eigenvalue weighted by Gasteiger charge is 2.34. The van der Waals surface area contributed by atoms with Gasteiger partial charge in [0, 0.05) is 17.5 Å². The maximum atomic E-state index is 12.1. The number of hydrogen-bond acceptors (Lipinski definition) is 1. The summed E-state index contributed by atoms with van der Waals surface area (Å²) < 4.78 is 0. The fourth-order valence-electron chi connectivity index (χ4n) is 2.03. The van der Waals surface area contributed by atoms with Gasteiger partial charge in [0.25, 0.3) is 0 Å². The summed E-state index contributed by atoms with van der Waals surface area (Å²) in [4.78, 5) is 14.0. The molecular formula is C13H26NO. The van der Waals surface area contributed by atoms with Crippen LogP contribution in [0.2, 0.25) is 0 Å². The van der Waals surface area contributed by atoms with Crippen LogP contribution in [0.5, 0.6) is 0 Å². The van der Waals surface area contributed by atoms with E-state index in [4.69, 9.17) is 0 Å². The zero-order chi connectivity index (χ0) is 12.3. The molecule has 0 rings (SSSR count). The Balaban J connectivity index is 4.74. The molecule has 0 heterocycles. The number of carbonyl (C=O) groups is 1. The minimum atomic E-state index is -0.125. The van der Waals surface area contributed by atoms with Crippen molar-refractivity contribution in [1.29, 1.82) is 0 Å². The molecule has 0 spiro atoms. The van der Waals surface area contributed by atoms with Gasteiger partial charge < -0.3 is 4.90 Å². The molecule has 15 heavy (non-hydrogen) atoms.